The summed E-state index contributed by atoms with van der Waals surface area (Å²) in [5.74, 6) is -4.03. The molecule has 0 atom stereocenters. The molecule has 0 aromatic heterocycles. The standard InChI is InChI=1S/C18H14F2N2O3S/c1-10-6-12(26-9-21)7-11(2)17(10)22-15(23)8-25-18(24)16-13(19)4-3-5-14(16)20/h3-7H,8H2,1-2H3,(H,22,23). The third-order valence-corrected chi connectivity index (χ3v) is 4.00. The molecule has 1 amide bonds. The number of thiocyanates is 1. The molecule has 0 aliphatic rings. The first-order valence-corrected chi connectivity index (χ1v) is 8.23. The molecule has 8 heteroatoms. The second-order valence-corrected chi connectivity index (χ2v) is 6.20. The highest BCUT2D eigenvalue weighted by atomic mass is 32.2. The normalized spacial score (nSPS) is 10.1. The van der Waals surface area contributed by atoms with Crippen LogP contribution in [0.1, 0.15) is 21.5 Å². The van der Waals surface area contributed by atoms with Gasteiger partial charge in [-0.25, -0.2) is 13.6 Å². The minimum Gasteiger partial charge on any atom is -0.452 e. The molecule has 0 saturated carbocycles. The maximum atomic E-state index is 13.5. The number of hydrogen-bond donors (Lipinski definition) is 1. The van der Waals surface area contributed by atoms with Gasteiger partial charge >= 0.3 is 5.97 Å². The lowest BCUT2D eigenvalue weighted by molar-refractivity contribution is -0.119. The number of esters is 1. The van der Waals surface area contributed by atoms with Gasteiger partial charge in [-0.1, -0.05) is 6.07 Å². The van der Waals surface area contributed by atoms with Crippen molar-refractivity contribution >= 4 is 29.3 Å². The number of amides is 1. The van der Waals surface area contributed by atoms with Crippen LogP contribution >= 0.6 is 11.8 Å². The van der Waals surface area contributed by atoms with Crippen LogP contribution in [0.2, 0.25) is 0 Å². The number of carbonyl (C=O) groups excluding carboxylic acids is 2. The Morgan fingerprint density at radius 2 is 1.77 bits per heavy atom. The van der Waals surface area contributed by atoms with Crippen LogP contribution in [0, 0.1) is 36.1 Å². The quantitative estimate of drug-likeness (QED) is 0.486. The van der Waals surface area contributed by atoms with Crippen molar-refractivity contribution < 1.29 is 23.1 Å². The smallest absolute Gasteiger partial charge is 0.344 e. The summed E-state index contributed by atoms with van der Waals surface area (Å²) in [6, 6.07) is 6.43. The molecule has 0 aliphatic carbocycles. The van der Waals surface area contributed by atoms with Crippen molar-refractivity contribution in [2.75, 3.05) is 11.9 Å². The molecule has 0 aliphatic heterocycles. The van der Waals surface area contributed by atoms with Crippen LogP contribution in [0.5, 0.6) is 0 Å². The SMILES string of the molecule is Cc1cc(SC#N)cc(C)c1NC(=O)COC(=O)c1c(F)cccc1F. The van der Waals surface area contributed by atoms with Gasteiger partial charge in [-0.15, -0.1) is 0 Å². The number of nitrogens with one attached hydrogen (secondary N) is 1. The molecule has 26 heavy (non-hydrogen) atoms. The number of halogens is 2. The van der Waals surface area contributed by atoms with Gasteiger partial charge in [-0.3, -0.25) is 4.79 Å². The first-order valence-electron chi connectivity index (χ1n) is 7.41. The van der Waals surface area contributed by atoms with Crippen molar-refractivity contribution in [2.24, 2.45) is 0 Å². The average Bonchev–Trinajstić information content (AvgIpc) is 2.56. The Hall–Kier alpha value is -2.92. The van der Waals surface area contributed by atoms with Crippen LogP contribution < -0.4 is 5.32 Å². The molecule has 0 unspecified atom stereocenters. The molecule has 0 bridgehead atoms. The fourth-order valence-corrected chi connectivity index (χ4v) is 2.88. The van der Waals surface area contributed by atoms with Crippen molar-refractivity contribution in [3.05, 3.63) is 58.7 Å². The van der Waals surface area contributed by atoms with Gasteiger partial charge in [0, 0.05) is 10.6 Å². The highest BCUT2D eigenvalue weighted by molar-refractivity contribution is 8.03. The Bertz CT molecular complexity index is 867. The van der Waals surface area contributed by atoms with Gasteiger partial charge in [0.1, 0.15) is 22.6 Å². The van der Waals surface area contributed by atoms with Crippen LogP contribution in [0.15, 0.2) is 35.2 Å². The fraction of sp³-hybridized carbons (Fsp3) is 0.167. The van der Waals surface area contributed by atoms with Crippen molar-refractivity contribution in [1.82, 2.24) is 0 Å². The second kappa shape index (κ2) is 8.45. The summed E-state index contributed by atoms with van der Waals surface area (Å²) in [5, 5.41) is 13.3. The molecule has 0 radical (unpaired) electrons. The molecule has 5 nitrogen and oxygen atoms in total. The second-order valence-electron chi connectivity index (χ2n) is 5.35. The van der Waals surface area contributed by atoms with E-state index in [-0.39, 0.29) is 0 Å². The van der Waals surface area contributed by atoms with E-state index in [9.17, 15) is 18.4 Å². The average molecular weight is 376 g/mol. The zero-order valence-corrected chi connectivity index (χ0v) is 14.7. The lowest BCUT2D eigenvalue weighted by Gasteiger charge is -2.13. The number of hydrogen-bond acceptors (Lipinski definition) is 5. The Morgan fingerprint density at radius 1 is 1.19 bits per heavy atom. The highest BCUT2D eigenvalue weighted by Gasteiger charge is 2.20. The fourth-order valence-electron chi connectivity index (χ4n) is 2.30. The molecular formula is C18H14F2N2O3S. The Morgan fingerprint density at radius 3 is 2.31 bits per heavy atom. The van der Waals surface area contributed by atoms with Gasteiger partial charge in [-0.2, -0.15) is 5.26 Å². The molecule has 134 valence electrons. The zero-order chi connectivity index (χ0) is 19.3. The first kappa shape index (κ1) is 19.4. The third-order valence-electron chi connectivity index (χ3n) is 3.44. The topological polar surface area (TPSA) is 79.2 Å². The van der Waals surface area contributed by atoms with E-state index >= 15 is 0 Å². The summed E-state index contributed by atoms with van der Waals surface area (Å²) in [6.07, 6.45) is 0. The van der Waals surface area contributed by atoms with Crippen LogP contribution in [0.25, 0.3) is 0 Å². The lowest BCUT2D eigenvalue weighted by atomic mass is 10.1. The molecule has 0 saturated heterocycles. The molecule has 1 N–H and O–H groups in total. The summed E-state index contributed by atoms with van der Waals surface area (Å²) in [5.41, 5.74) is 1.13. The van der Waals surface area contributed by atoms with E-state index in [0.717, 1.165) is 46.0 Å². The highest BCUT2D eigenvalue weighted by Crippen LogP contribution is 2.27. The van der Waals surface area contributed by atoms with Crippen molar-refractivity contribution in [1.29, 1.82) is 5.26 Å². The van der Waals surface area contributed by atoms with Gasteiger partial charge in [-0.05, 0) is 61.0 Å². The number of thioether (sulfide) groups is 1. The summed E-state index contributed by atoms with van der Waals surface area (Å²) in [7, 11) is 0. The summed E-state index contributed by atoms with van der Waals surface area (Å²) in [6.45, 7) is 2.82. The molecule has 2 rings (SSSR count). The van der Waals surface area contributed by atoms with Gasteiger partial charge in [0.2, 0.25) is 0 Å². The number of nitriles is 1. The van der Waals surface area contributed by atoms with Gasteiger partial charge < -0.3 is 10.1 Å². The maximum Gasteiger partial charge on any atom is 0.344 e. The minimum atomic E-state index is -1.26. The molecule has 0 fully saturated rings. The number of aryl methyl sites for hydroxylation is 2. The number of benzene rings is 2. The van der Waals surface area contributed by atoms with E-state index in [1.807, 2.05) is 5.40 Å². The Labute approximate surface area is 153 Å². The Balaban J connectivity index is 2.04. The first-order chi connectivity index (χ1) is 12.3. The summed E-state index contributed by atoms with van der Waals surface area (Å²) < 4.78 is 31.7. The largest absolute Gasteiger partial charge is 0.452 e. The predicted octanol–water partition coefficient (Wildman–Crippen LogP) is 3.95. The predicted molar refractivity (Wildman–Crippen MR) is 92.7 cm³/mol. The monoisotopic (exact) mass is 376 g/mol. The van der Waals surface area contributed by atoms with Crippen LogP contribution in [-0.2, 0) is 9.53 Å². The molecule has 2 aromatic carbocycles. The number of nitrogens with zero attached hydrogens (tertiary/aromatic N) is 1. The third kappa shape index (κ3) is 4.58. The van der Waals surface area contributed by atoms with E-state index < -0.39 is 35.7 Å². The minimum absolute atomic E-state index is 0.519. The van der Waals surface area contributed by atoms with Gasteiger partial charge in [0.25, 0.3) is 5.91 Å². The molecular weight excluding hydrogens is 362 g/mol. The van der Waals surface area contributed by atoms with Gasteiger partial charge in [0.15, 0.2) is 6.61 Å². The van der Waals surface area contributed by atoms with E-state index in [2.05, 4.69) is 10.1 Å². The molecule has 0 heterocycles. The summed E-state index contributed by atoms with van der Waals surface area (Å²) >= 11 is 0.998. The number of anilines is 1. The van der Waals surface area contributed by atoms with Crippen molar-refractivity contribution in [3.63, 3.8) is 0 Å². The number of carbonyl (C=O) groups is 2. The van der Waals surface area contributed by atoms with E-state index in [0.29, 0.717) is 5.69 Å². The summed E-state index contributed by atoms with van der Waals surface area (Å²) in [4.78, 5) is 24.5. The number of rotatable bonds is 5. The van der Waals surface area contributed by atoms with Gasteiger partial charge in [0.05, 0.1) is 0 Å². The lowest BCUT2D eigenvalue weighted by Crippen LogP contribution is -2.22. The van der Waals surface area contributed by atoms with E-state index in [4.69, 9.17) is 5.26 Å². The Kier molecular flexibility index (Phi) is 6.31. The maximum absolute atomic E-state index is 13.5. The van der Waals surface area contributed by atoms with Crippen LogP contribution in [0.3, 0.4) is 0 Å². The molecule has 2 aromatic rings. The molecule has 0 spiro atoms. The zero-order valence-electron chi connectivity index (χ0n) is 13.9. The van der Waals surface area contributed by atoms with Crippen molar-refractivity contribution in [2.45, 2.75) is 18.7 Å². The van der Waals surface area contributed by atoms with Crippen LogP contribution in [-0.4, -0.2) is 18.5 Å². The van der Waals surface area contributed by atoms with E-state index in [1.54, 1.807) is 26.0 Å². The van der Waals surface area contributed by atoms with Crippen molar-refractivity contribution in [3.8, 4) is 5.40 Å². The van der Waals surface area contributed by atoms with E-state index in [1.165, 1.54) is 0 Å². The number of ether oxygens (including phenoxy) is 1. The van der Waals surface area contributed by atoms with Crippen LogP contribution in [0.4, 0.5) is 14.5 Å².